The molecule has 0 unspecified atom stereocenters. The summed E-state index contributed by atoms with van der Waals surface area (Å²) in [6.07, 6.45) is 0. The summed E-state index contributed by atoms with van der Waals surface area (Å²) in [5.41, 5.74) is 0.0625. The Bertz CT molecular complexity index is 204. The van der Waals surface area contributed by atoms with Gasteiger partial charge in [0, 0.05) is 35.7 Å². The Kier molecular flexibility index (Phi) is 8.94. The number of nitrogens with one attached hydrogen (secondary N) is 3. The van der Waals surface area contributed by atoms with Crippen LogP contribution in [-0.2, 0) is 0 Å². The molecule has 0 aliphatic carbocycles. The maximum atomic E-state index is 4.44. The molecule has 2 atom stereocenters. The van der Waals surface area contributed by atoms with Crippen molar-refractivity contribution < 1.29 is 0 Å². The predicted molar refractivity (Wildman–Crippen MR) is 84.7 cm³/mol. The molecule has 17 heavy (non-hydrogen) atoms. The van der Waals surface area contributed by atoms with Crippen molar-refractivity contribution in [3.05, 3.63) is 0 Å². The van der Waals surface area contributed by atoms with E-state index in [1.807, 2.05) is 0 Å². The van der Waals surface area contributed by atoms with Gasteiger partial charge in [0.05, 0.1) is 0 Å². The van der Waals surface area contributed by atoms with Gasteiger partial charge in [-0.15, -0.1) is 0 Å². The van der Waals surface area contributed by atoms with Crippen LogP contribution in [0.3, 0.4) is 0 Å². The van der Waals surface area contributed by atoms with Gasteiger partial charge in [0.15, 0.2) is 0 Å². The normalized spacial score (nSPS) is 18.7. The van der Waals surface area contributed by atoms with Gasteiger partial charge in [0.2, 0.25) is 0 Å². The van der Waals surface area contributed by atoms with Crippen molar-refractivity contribution in [2.24, 2.45) is 0 Å². The fourth-order valence-corrected chi connectivity index (χ4v) is 2.03. The SMILES string of the molecule is CCNC[C@](C)(CS)NC[C@](C)(CS)NCC. The Morgan fingerprint density at radius 2 is 1.35 bits per heavy atom. The Morgan fingerprint density at radius 3 is 1.76 bits per heavy atom. The molecule has 0 saturated carbocycles. The average Bonchev–Trinajstić information content (AvgIpc) is 2.34. The number of likely N-dealkylation sites (N-methyl/N-ethyl adjacent to an activating group) is 2. The van der Waals surface area contributed by atoms with Crippen molar-refractivity contribution in [2.45, 2.75) is 38.8 Å². The highest BCUT2D eigenvalue weighted by Gasteiger charge is 2.27. The Labute approximate surface area is 118 Å². The molecule has 0 bridgehead atoms. The first-order valence-corrected chi connectivity index (χ1v) is 7.64. The highest BCUT2D eigenvalue weighted by atomic mass is 32.1. The molecule has 0 radical (unpaired) electrons. The first-order chi connectivity index (χ1) is 7.95. The van der Waals surface area contributed by atoms with E-state index < -0.39 is 0 Å². The van der Waals surface area contributed by atoms with Gasteiger partial charge in [-0.2, -0.15) is 25.3 Å². The topological polar surface area (TPSA) is 36.1 Å². The van der Waals surface area contributed by atoms with Gasteiger partial charge in [0.1, 0.15) is 0 Å². The van der Waals surface area contributed by atoms with Gasteiger partial charge in [-0.3, -0.25) is 0 Å². The van der Waals surface area contributed by atoms with Gasteiger partial charge in [-0.1, -0.05) is 13.8 Å². The van der Waals surface area contributed by atoms with E-state index in [4.69, 9.17) is 0 Å². The van der Waals surface area contributed by atoms with E-state index in [-0.39, 0.29) is 11.1 Å². The molecule has 0 heterocycles. The fraction of sp³-hybridized carbons (Fsp3) is 1.00. The fourth-order valence-electron chi connectivity index (χ4n) is 1.58. The van der Waals surface area contributed by atoms with Crippen molar-refractivity contribution in [3.8, 4) is 0 Å². The standard InChI is InChI=1S/C12H29N3S2/c1-5-13-7-11(3,9-16)15-8-12(4,10-17)14-6-2/h13-17H,5-10H2,1-4H3/t11-,12-/m1/s1. The zero-order valence-corrected chi connectivity index (χ0v) is 13.4. The smallest absolute Gasteiger partial charge is 0.0367 e. The van der Waals surface area contributed by atoms with Gasteiger partial charge in [-0.05, 0) is 26.9 Å². The maximum absolute atomic E-state index is 4.44. The molecule has 0 aromatic heterocycles. The molecule has 0 aromatic rings. The van der Waals surface area contributed by atoms with Gasteiger partial charge in [0.25, 0.3) is 0 Å². The number of rotatable bonds is 10. The highest BCUT2D eigenvalue weighted by molar-refractivity contribution is 7.80. The minimum absolute atomic E-state index is 0.0265. The second-order valence-corrected chi connectivity index (χ2v) is 5.73. The van der Waals surface area contributed by atoms with Crippen LogP contribution in [0.25, 0.3) is 0 Å². The lowest BCUT2D eigenvalue weighted by atomic mass is 10.00. The third kappa shape index (κ3) is 6.91. The second-order valence-electron chi connectivity index (χ2n) is 5.10. The van der Waals surface area contributed by atoms with Gasteiger partial charge >= 0.3 is 0 Å². The summed E-state index contributed by atoms with van der Waals surface area (Å²) in [6, 6.07) is 0. The van der Waals surface area contributed by atoms with Crippen molar-refractivity contribution in [1.82, 2.24) is 16.0 Å². The molecule has 104 valence electrons. The molecule has 0 fully saturated rings. The van der Waals surface area contributed by atoms with E-state index in [1.54, 1.807) is 0 Å². The zero-order chi connectivity index (χ0) is 13.4. The van der Waals surface area contributed by atoms with Crippen LogP contribution in [0.5, 0.6) is 0 Å². The number of thiol groups is 2. The van der Waals surface area contributed by atoms with Crippen LogP contribution in [0.4, 0.5) is 0 Å². The van der Waals surface area contributed by atoms with Crippen molar-refractivity contribution in [1.29, 1.82) is 0 Å². The van der Waals surface area contributed by atoms with Crippen LogP contribution in [0.2, 0.25) is 0 Å². The van der Waals surface area contributed by atoms with Gasteiger partial charge < -0.3 is 16.0 Å². The first kappa shape index (κ1) is 17.6. The van der Waals surface area contributed by atoms with Crippen LogP contribution in [-0.4, -0.2) is 48.8 Å². The summed E-state index contributed by atoms with van der Waals surface area (Å²) in [4.78, 5) is 0. The molecule has 3 N–H and O–H groups in total. The second kappa shape index (κ2) is 8.64. The number of hydrogen-bond donors (Lipinski definition) is 5. The molecule has 3 nitrogen and oxygen atoms in total. The molecule has 0 aliphatic rings. The summed E-state index contributed by atoms with van der Waals surface area (Å²) in [5.74, 6) is 1.63. The summed E-state index contributed by atoms with van der Waals surface area (Å²) < 4.78 is 0. The molecule has 5 heteroatoms. The van der Waals surface area contributed by atoms with Crippen LogP contribution in [0.1, 0.15) is 27.7 Å². The van der Waals surface area contributed by atoms with E-state index in [1.165, 1.54) is 0 Å². The summed E-state index contributed by atoms with van der Waals surface area (Å²) in [5, 5.41) is 10.5. The van der Waals surface area contributed by atoms with Crippen molar-refractivity contribution in [2.75, 3.05) is 37.7 Å². The summed E-state index contributed by atoms with van der Waals surface area (Å²) in [6.45, 7) is 12.4. The molecular weight excluding hydrogens is 250 g/mol. The van der Waals surface area contributed by atoms with E-state index >= 15 is 0 Å². The quantitative estimate of drug-likeness (QED) is 0.390. The van der Waals surface area contributed by atoms with Crippen molar-refractivity contribution in [3.63, 3.8) is 0 Å². The third-order valence-electron chi connectivity index (χ3n) is 2.97. The van der Waals surface area contributed by atoms with Crippen LogP contribution < -0.4 is 16.0 Å². The average molecular weight is 280 g/mol. The monoisotopic (exact) mass is 279 g/mol. The lowest BCUT2D eigenvalue weighted by Gasteiger charge is -2.36. The molecule has 0 amide bonds. The molecule has 0 aliphatic heterocycles. The molecule has 0 saturated heterocycles. The third-order valence-corrected chi connectivity index (χ3v) is 4.37. The van der Waals surface area contributed by atoms with Crippen LogP contribution >= 0.6 is 25.3 Å². The zero-order valence-electron chi connectivity index (χ0n) is 11.6. The number of hydrogen-bond acceptors (Lipinski definition) is 5. The lowest BCUT2D eigenvalue weighted by Crippen LogP contribution is -2.60. The molecule has 0 spiro atoms. The summed E-state index contributed by atoms with van der Waals surface area (Å²) >= 11 is 8.87. The van der Waals surface area contributed by atoms with Crippen molar-refractivity contribution >= 4 is 25.3 Å². The Hall–Kier alpha value is 0.580. The molecule has 0 rings (SSSR count). The van der Waals surface area contributed by atoms with Crippen LogP contribution in [0, 0.1) is 0 Å². The summed E-state index contributed by atoms with van der Waals surface area (Å²) in [7, 11) is 0. The predicted octanol–water partition coefficient (Wildman–Crippen LogP) is 1.17. The van der Waals surface area contributed by atoms with E-state index in [9.17, 15) is 0 Å². The lowest BCUT2D eigenvalue weighted by molar-refractivity contribution is 0.305. The maximum Gasteiger partial charge on any atom is 0.0367 e. The van der Waals surface area contributed by atoms with E-state index in [2.05, 4.69) is 68.9 Å². The van der Waals surface area contributed by atoms with Gasteiger partial charge in [-0.25, -0.2) is 0 Å². The molecular formula is C12H29N3S2. The Balaban J connectivity index is 4.27. The first-order valence-electron chi connectivity index (χ1n) is 6.38. The van der Waals surface area contributed by atoms with Crippen LogP contribution in [0.15, 0.2) is 0 Å². The minimum Gasteiger partial charge on any atom is -0.315 e. The molecule has 0 aromatic carbocycles. The minimum atomic E-state index is 0.0265. The Morgan fingerprint density at radius 1 is 0.824 bits per heavy atom. The largest absolute Gasteiger partial charge is 0.315 e. The van der Waals surface area contributed by atoms with E-state index in [0.29, 0.717) is 0 Å². The van der Waals surface area contributed by atoms with E-state index in [0.717, 1.165) is 37.7 Å². The highest BCUT2D eigenvalue weighted by Crippen LogP contribution is 2.10.